The van der Waals surface area contributed by atoms with Crippen LogP contribution < -0.4 is 0 Å². The lowest BCUT2D eigenvalue weighted by Gasteiger charge is -2.44. The van der Waals surface area contributed by atoms with Gasteiger partial charge in [0.25, 0.3) is 0 Å². The highest BCUT2D eigenvalue weighted by atomic mass is 28.4. The lowest BCUT2D eigenvalue weighted by atomic mass is 9.88. The number of rotatable bonds is 6. The Bertz CT molecular complexity index is 608. The molecular formula is C22H36O4Si. The molecule has 1 heterocycles. The Morgan fingerprint density at radius 1 is 1.26 bits per heavy atom. The van der Waals surface area contributed by atoms with Crippen molar-refractivity contribution in [1.29, 1.82) is 0 Å². The summed E-state index contributed by atoms with van der Waals surface area (Å²) in [5, 5.41) is 20.6. The zero-order chi connectivity index (χ0) is 20.2. The van der Waals surface area contributed by atoms with Crippen LogP contribution in [0.25, 0.3) is 6.08 Å². The van der Waals surface area contributed by atoms with Gasteiger partial charge in [-0.2, -0.15) is 0 Å². The van der Waals surface area contributed by atoms with Gasteiger partial charge in [0.05, 0.1) is 31.0 Å². The minimum atomic E-state index is -2.04. The van der Waals surface area contributed by atoms with Crippen molar-refractivity contribution in [2.45, 2.75) is 76.7 Å². The summed E-state index contributed by atoms with van der Waals surface area (Å²) in [6.07, 6.45) is 3.09. The standard InChI is InChI=1S/C22H36O4Si/c1-16-18(24)14-20(21(15-23)26-27(5,6)22(2,3)4)25-19(16)13-12-17-10-8-7-9-11-17/h7-13,16,18-21,23-24H,14-15H2,1-6H3/b13-12+/t16-,18-,19+,20-,21-/m1/s1. The van der Waals surface area contributed by atoms with E-state index < -0.39 is 20.5 Å². The Morgan fingerprint density at radius 3 is 2.44 bits per heavy atom. The molecule has 0 saturated carbocycles. The van der Waals surface area contributed by atoms with Crippen molar-refractivity contribution in [2.75, 3.05) is 6.61 Å². The van der Waals surface area contributed by atoms with Crippen LogP contribution in [0.15, 0.2) is 36.4 Å². The molecule has 1 aliphatic heterocycles. The van der Waals surface area contributed by atoms with Gasteiger partial charge in [-0.1, -0.05) is 70.2 Å². The SMILES string of the molecule is C[C@@H]1[C@H](O)C[C@H]([C@@H](CO)O[Si](C)(C)C(C)(C)C)O[C@H]1/C=C/c1ccccc1. The fraction of sp³-hybridized carbons (Fsp3) is 0.636. The first-order valence-corrected chi connectivity index (χ1v) is 12.8. The van der Waals surface area contributed by atoms with E-state index in [0.29, 0.717) is 6.42 Å². The molecule has 27 heavy (non-hydrogen) atoms. The van der Waals surface area contributed by atoms with Crippen LogP contribution in [-0.4, -0.2) is 49.6 Å². The number of aliphatic hydroxyl groups excluding tert-OH is 2. The zero-order valence-electron chi connectivity index (χ0n) is 17.6. The summed E-state index contributed by atoms with van der Waals surface area (Å²) in [5.74, 6) is -0.00609. The van der Waals surface area contributed by atoms with Gasteiger partial charge >= 0.3 is 0 Å². The van der Waals surface area contributed by atoms with E-state index in [9.17, 15) is 10.2 Å². The first-order chi connectivity index (χ1) is 12.5. The van der Waals surface area contributed by atoms with Crippen molar-refractivity contribution in [3.8, 4) is 0 Å². The van der Waals surface area contributed by atoms with Crippen LogP contribution in [0.1, 0.15) is 39.7 Å². The van der Waals surface area contributed by atoms with Crippen LogP contribution >= 0.6 is 0 Å². The Kier molecular flexibility index (Phi) is 7.45. The van der Waals surface area contributed by atoms with E-state index in [-0.39, 0.29) is 29.8 Å². The van der Waals surface area contributed by atoms with Gasteiger partial charge in [0.15, 0.2) is 8.32 Å². The normalized spacial score (nSPS) is 28.4. The fourth-order valence-corrected chi connectivity index (χ4v) is 4.41. The molecule has 2 rings (SSSR count). The van der Waals surface area contributed by atoms with E-state index in [1.807, 2.05) is 49.4 Å². The molecule has 1 fully saturated rings. The number of aliphatic hydroxyl groups is 2. The van der Waals surface area contributed by atoms with Crippen LogP contribution in [0.5, 0.6) is 0 Å². The minimum absolute atomic E-state index is 0.00609. The number of benzene rings is 1. The van der Waals surface area contributed by atoms with Crippen molar-refractivity contribution >= 4 is 14.4 Å². The molecule has 0 amide bonds. The maximum absolute atomic E-state index is 10.6. The van der Waals surface area contributed by atoms with E-state index in [0.717, 1.165) is 5.56 Å². The summed E-state index contributed by atoms with van der Waals surface area (Å²) in [7, 11) is -2.04. The van der Waals surface area contributed by atoms with Gasteiger partial charge in [-0.05, 0) is 23.7 Å². The summed E-state index contributed by atoms with van der Waals surface area (Å²) in [4.78, 5) is 0. The van der Waals surface area contributed by atoms with E-state index in [2.05, 4.69) is 33.9 Å². The summed E-state index contributed by atoms with van der Waals surface area (Å²) in [5.41, 5.74) is 1.10. The van der Waals surface area contributed by atoms with E-state index >= 15 is 0 Å². The third-order valence-corrected chi connectivity index (χ3v) is 10.6. The molecule has 1 aliphatic rings. The Labute approximate surface area is 165 Å². The fourth-order valence-electron chi connectivity index (χ4n) is 3.07. The highest BCUT2D eigenvalue weighted by Crippen LogP contribution is 2.39. The highest BCUT2D eigenvalue weighted by molar-refractivity contribution is 6.74. The average Bonchev–Trinajstić information content (AvgIpc) is 2.60. The molecule has 0 aromatic heterocycles. The zero-order valence-corrected chi connectivity index (χ0v) is 18.6. The van der Waals surface area contributed by atoms with Gasteiger partial charge in [-0.15, -0.1) is 0 Å². The van der Waals surface area contributed by atoms with Crippen LogP contribution in [0.2, 0.25) is 18.1 Å². The van der Waals surface area contributed by atoms with Crippen LogP contribution in [-0.2, 0) is 9.16 Å². The maximum Gasteiger partial charge on any atom is 0.192 e. The van der Waals surface area contributed by atoms with Crippen molar-refractivity contribution in [2.24, 2.45) is 5.92 Å². The highest BCUT2D eigenvalue weighted by Gasteiger charge is 2.43. The molecule has 1 saturated heterocycles. The Balaban J connectivity index is 2.13. The first-order valence-electron chi connectivity index (χ1n) is 9.90. The molecule has 1 aromatic rings. The summed E-state index contributed by atoms with van der Waals surface area (Å²) < 4.78 is 12.7. The summed E-state index contributed by atoms with van der Waals surface area (Å²) in [6.45, 7) is 12.8. The van der Waals surface area contributed by atoms with Crippen molar-refractivity contribution in [3.05, 3.63) is 42.0 Å². The largest absolute Gasteiger partial charge is 0.409 e. The monoisotopic (exact) mass is 392 g/mol. The second kappa shape index (κ2) is 9.01. The molecule has 0 unspecified atom stereocenters. The van der Waals surface area contributed by atoms with Crippen LogP contribution in [0.4, 0.5) is 0 Å². The minimum Gasteiger partial charge on any atom is -0.409 e. The molecule has 0 aliphatic carbocycles. The third kappa shape index (κ3) is 5.75. The molecular weight excluding hydrogens is 356 g/mol. The lowest BCUT2D eigenvalue weighted by Crippen LogP contribution is -2.53. The first kappa shape index (κ1) is 22.3. The van der Waals surface area contributed by atoms with E-state index in [1.54, 1.807) is 0 Å². The second-order valence-corrected chi connectivity index (χ2v) is 13.9. The Hall–Kier alpha value is -0.983. The summed E-state index contributed by atoms with van der Waals surface area (Å²) >= 11 is 0. The second-order valence-electron chi connectivity index (χ2n) is 9.17. The molecule has 152 valence electrons. The van der Waals surface area contributed by atoms with Gasteiger partial charge in [-0.25, -0.2) is 0 Å². The van der Waals surface area contributed by atoms with Gasteiger partial charge in [-0.3, -0.25) is 0 Å². The molecule has 0 bridgehead atoms. The van der Waals surface area contributed by atoms with Gasteiger partial charge in [0.1, 0.15) is 0 Å². The van der Waals surface area contributed by atoms with Crippen LogP contribution in [0, 0.1) is 5.92 Å². The maximum atomic E-state index is 10.6. The van der Waals surface area contributed by atoms with E-state index in [1.165, 1.54) is 0 Å². The molecule has 5 heteroatoms. The van der Waals surface area contributed by atoms with Crippen molar-refractivity contribution in [3.63, 3.8) is 0 Å². The topological polar surface area (TPSA) is 58.9 Å². The summed E-state index contributed by atoms with van der Waals surface area (Å²) in [6, 6.07) is 10.1. The van der Waals surface area contributed by atoms with E-state index in [4.69, 9.17) is 9.16 Å². The number of hydrogen-bond acceptors (Lipinski definition) is 4. The van der Waals surface area contributed by atoms with Gasteiger partial charge < -0.3 is 19.4 Å². The molecule has 4 nitrogen and oxygen atoms in total. The van der Waals surface area contributed by atoms with Crippen LogP contribution in [0.3, 0.4) is 0 Å². The number of hydrogen-bond donors (Lipinski definition) is 2. The van der Waals surface area contributed by atoms with Crippen molar-refractivity contribution < 1.29 is 19.4 Å². The quantitative estimate of drug-likeness (QED) is 0.711. The average molecular weight is 393 g/mol. The molecule has 0 radical (unpaired) electrons. The predicted molar refractivity (Wildman–Crippen MR) is 113 cm³/mol. The predicted octanol–water partition coefficient (Wildman–Crippen LogP) is 4.24. The number of ether oxygens (including phenoxy) is 1. The molecule has 2 N–H and O–H groups in total. The molecule has 5 atom stereocenters. The molecule has 1 aromatic carbocycles. The Morgan fingerprint density at radius 2 is 1.89 bits per heavy atom. The lowest BCUT2D eigenvalue weighted by molar-refractivity contribution is -0.151. The third-order valence-electron chi connectivity index (χ3n) is 6.06. The molecule has 0 spiro atoms. The van der Waals surface area contributed by atoms with Crippen molar-refractivity contribution in [1.82, 2.24) is 0 Å². The van der Waals surface area contributed by atoms with Gasteiger partial charge in [0, 0.05) is 12.3 Å². The van der Waals surface area contributed by atoms with Gasteiger partial charge in [0.2, 0.25) is 0 Å². The smallest absolute Gasteiger partial charge is 0.192 e.